The number of nitrogens with zero attached hydrogens (tertiary/aromatic N) is 2. The predicted molar refractivity (Wildman–Crippen MR) is 101 cm³/mol. The van der Waals surface area contributed by atoms with Crippen LogP contribution in [-0.2, 0) is 9.53 Å². The second-order valence-corrected chi connectivity index (χ2v) is 7.88. The molecule has 0 bridgehead atoms. The molecule has 1 unspecified atom stereocenters. The highest BCUT2D eigenvalue weighted by atomic mass is 16.5. The summed E-state index contributed by atoms with van der Waals surface area (Å²) in [7, 11) is 1.66. The minimum atomic E-state index is -0.491. The summed E-state index contributed by atoms with van der Waals surface area (Å²) < 4.78 is 10.5. The lowest BCUT2D eigenvalue weighted by molar-refractivity contribution is -0.133. The Labute approximate surface area is 160 Å². The van der Waals surface area contributed by atoms with Crippen molar-refractivity contribution >= 4 is 11.8 Å². The van der Waals surface area contributed by atoms with Crippen LogP contribution in [0.1, 0.15) is 48.2 Å². The smallest absolute Gasteiger partial charge is 0.257 e. The zero-order chi connectivity index (χ0) is 19.4. The van der Waals surface area contributed by atoms with Crippen LogP contribution in [0.25, 0.3) is 0 Å². The second kappa shape index (κ2) is 8.44. The molecule has 1 aromatic rings. The number of hydrogen-bond acceptors (Lipinski definition) is 5. The highest BCUT2D eigenvalue weighted by Gasteiger charge is 2.42. The zero-order valence-electron chi connectivity index (χ0n) is 16.4. The molecule has 7 heteroatoms. The van der Waals surface area contributed by atoms with E-state index < -0.39 is 5.41 Å². The second-order valence-electron chi connectivity index (χ2n) is 7.88. The Hall–Kier alpha value is -1.86. The Bertz CT molecular complexity index is 666. The van der Waals surface area contributed by atoms with Crippen LogP contribution in [0, 0.1) is 12.3 Å². The van der Waals surface area contributed by atoms with E-state index in [9.17, 15) is 9.59 Å². The molecule has 0 aliphatic carbocycles. The van der Waals surface area contributed by atoms with Crippen molar-refractivity contribution in [3.05, 3.63) is 23.7 Å². The number of carbonyl (C=O) groups is 2. The van der Waals surface area contributed by atoms with E-state index in [4.69, 9.17) is 14.9 Å². The number of methoxy groups -OCH3 is 1. The molecular formula is C20H31N3O4. The highest BCUT2D eigenvalue weighted by Crippen LogP contribution is 2.35. The average molecular weight is 377 g/mol. The van der Waals surface area contributed by atoms with Crippen LogP contribution in [0.3, 0.4) is 0 Å². The van der Waals surface area contributed by atoms with Gasteiger partial charge in [0.05, 0.1) is 17.2 Å². The normalized spacial score (nSPS) is 24.9. The molecule has 150 valence electrons. The molecule has 2 fully saturated rings. The number of furan rings is 1. The summed E-state index contributed by atoms with van der Waals surface area (Å²) in [6.45, 7) is 5.51. The number of hydrogen-bond donors (Lipinski definition) is 1. The van der Waals surface area contributed by atoms with Gasteiger partial charge in [-0.05, 0) is 51.6 Å². The summed E-state index contributed by atoms with van der Waals surface area (Å²) in [5.74, 6) is 0.500. The SMILES string of the molecule is COCCC1(C(N)=O)CCCN(C2CCN(C(=O)c3ccoc3C)CC2)C1. The molecule has 27 heavy (non-hydrogen) atoms. The maximum Gasteiger partial charge on any atom is 0.257 e. The van der Waals surface area contributed by atoms with E-state index in [1.807, 2.05) is 11.8 Å². The third-order valence-corrected chi connectivity index (χ3v) is 6.27. The summed E-state index contributed by atoms with van der Waals surface area (Å²) in [6, 6.07) is 2.13. The van der Waals surface area contributed by atoms with Crippen molar-refractivity contribution in [1.82, 2.24) is 9.80 Å². The van der Waals surface area contributed by atoms with E-state index >= 15 is 0 Å². The van der Waals surface area contributed by atoms with Crippen LogP contribution in [0.5, 0.6) is 0 Å². The monoisotopic (exact) mass is 377 g/mol. The van der Waals surface area contributed by atoms with Crippen LogP contribution >= 0.6 is 0 Å². The van der Waals surface area contributed by atoms with Crippen molar-refractivity contribution in [2.24, 2.45) is 11.1 Å². The fourth-order valence-corrected chi connectivity index (χ4v) is 4.52. The summed E-state index contributed by atoms with van der Waals surface area (Å²) >= 11 is 0. The van der Waals surface area contributed by atoms with Gasteiger partial charge < -0.3 is 19.8 Å². The van der Waals surface area contributed by atoms with E-state index in [0.29, 0.717) is 36.9 Å². The van der Waals surface area contributed by atoms with Crippen LogP contribution in [-0.4, -0.2) is 67.6 Å². The lowest BCUT2D eigenvalue weighted by atomic mass is 9.76. The number of piperidine rings is 2. The van der Waals surface area contributed by atoms with Gasteiger partial charge in [-0.3, -0.25) is 14.5 Å². The Morgan fingerprint density at radius 1 is 1.33 bits per heavy atom. The number of nitrogens with two attached hydrogens (primary N) is 1. The van der Waals surface area contributed by atoms with Crippen molar-refractivity contribution in [2.75, 3.05) is 39.9 Å². The standard InChI is InChI=1S/C20H31N3O4/c1-15-17(6-12-27-15)18(24)22-10-4-16(5-11-22)23-9-3-7-20(14-23,19(21)25)8-13-26-2/h6,12,16H,3-5,7-11,13-14H2,1-2H3,(H2,21,25). The number of carbonyl (C=O) groups excluding carboxylic acids is 2. The van der Waals surface area contributed by atoms with Gasteiger partial charge in [0.25, 0.3) is 5.91 Å². The van der Waals surface area contributed by atoms with Crippen LogP contribution in [0.4, 0.5) is 0 Å². The third kappa shape index (κ3) is 4.19. The molecular weight excluding hydrogens is 346 g/mol. The fraction of sp³-hybridized carbons (Fsp3) is 0.700. The van der Waals surface area contributed by atoms with Crippen LogP contribution in [0.15, 0.2) is 16.7 Å². The predicted octanol–water partition coefficient (Wildman–Crippen LogP) is 1.80. The van der Waals surface area contributed by atoms with E-state index in [2.05, 4.69) is 4.90 Å². The quantitative estimate of drug-likeness (QED) is 0.816. The molecule has 1 aromatic heterocycles. The van der Waals surface area contributed by atoms with Crippen molar-refractivity contribution in [2.45, 2.75) is 45.1 Å². The van der Waals surface area contributed by atoms with Gasteiger partial charge in [0.15, 0.2) is 0 Å². The van der Waals surface area contributed by atoms with Crippen molar-refractivity contribution < 1.29 is 18.7 Å². The van der Waals surface area contributed by atoms with Gasteiger partial charge in [-0.25, -0.2) is 0 Å². The molecule has 2 aliphatic heterocycles. The molecule has 2 N–H and O–H groups in total. The molecule has 2 aliphatic rings. The lowest BCUT2D eigenvalue weighted by Crippen LogP contribution is -2.56. The first-order chi connectivity index (χ1) is 13.0. The summed E-state index contributed by atoms with van der Waals surface area (Å²) in [6.07, 6.45) is 5.88. The first-order valence-electron chi connectivity index (χ1n) is 9.83. The Kier molecular flexibility index (Phi) is 6.22. The van der Waals surface area contributed by atoms with Gasteiger partial charge in [-0.1, -0.05) is 0 Å². The Morgan fingerprint density at radius 3 is 2.67 bits per heavy atom. The molecule has 0 spiro atoms. The first kappa shape index (κ1) is 19.9. The van der Waals surface area contributed by atoms with Gasteiger partial charge in [0.2, 0.25) is 5.91 Å². The third-order valence-electron chi connectivity index (χ3n) is 6.27. The fourth-order valence-electron chi connectivity index (χ4n) is 4.52. The van der Waals surface area contributed by atoms with E-state index in [-0.39, 0.29) is 11.8 Å². The summed E-state index contributed by atoms with van der Waals surface area (Å²) in [4.78, 5) is 29.2. The number of amides is 2. The molecule has 0 aromatic carbocycles. The zero-order valence-corrected chi connectivity index (χ0v) is 16.4. The molecule has 3 heterocycles. The van der Waals surface area contributed by atoms with Crippen LogP contribution < -0.4 is 5.73 Å². The number of likely N-dealkylation sites (tertiary alicyclic amines) is 2. The minimum Gasteiger partial charge on any atom is -0.469 e. The number of rotatable bonds is 6. The Balaban J connectivity index is 1.59. The number of primary amides is 1. The van der Waals surface area contributed by atoms with Crippen molar-refractivity contribution in [3.63, 3.8) is 0 Å². The maximum atomic E-state index is 12.7. The van der Waals surface area contributed by atoms with Gasteiger partial charge >= 0.3 is 0 Å². The summed E-state index contributed by atoms with van der Waals surface area (Å²) in [5.41, 5.74) is 5.94. The average Bonchev–Trinajstić information content (AvgIpc) is 3.12. The molecule has 1 atom stereocenters. The van der Waals surface area contributed by atoms with E-state index in [1.54, 1.807) is 19.4 Å². The van der Waals surface area contributed by atoms with Gasteiger partial charge in [0, 0.05) is 39.4 Å². The van der Waals surface area contributed by atoms with Crippen LogP contribution in [0.2, 0.25) is 0 Å². The maximum absolute atomic E-state index is 12.7. The lowest BCUT2D eigenvalue weighted by Gasteiger charge is -2.46. The largest absolute Gasteiger partial charge is 0.469 e. The minimum absolute atomic E-state index is 0.0462. The topological polar surface area (TPSA) is 89.0 Å². The molecule has 2 amide bonds. The molecule has 0 radical (unpaired) electrons. The van der Waals surface area contributed by atoms with E-state index in [1.165, 1.54) is 0 Å². The Morgan fingerprint density at radius 2 is 2.07 bits per heavy atom. The first-order valence-corrected chi connectivity index (χ1v) is 9.83. The number of aryl methyl sites for hydroxylation is 1. The highest BCUT2D eigenvalue weighted by molar-refractivity contribution is 5.95. The van der Waals surface area contributed by atoms with Gasteiger partial charge in [0.1, 0.15) is 5.76 Å². The molecule has 7 nitrogen and oxygen atoms in total. The van der Waals surface area contributed by atoms with Crippen molar-refractivity contribution in [3.8, 4) is 0 Å². The molecule has 0 saturated carbocycles. The number of ether oxygens (including phenoxy) is 1. The van der Waals surface area contributed by atoms with Gasteiger partial charge in [-0.15, -0.1) is 0 Å². The van der Waals surface area contributed by atoms with Crippen molar-refractivity contribution in [1.29, 1.82) is 0 Å². The summed E-state index contributed by atoms with van der Waals surface area (Å²) in [5, 5.41) is 0. The van der Waals surface area contributed by atoms with Gasteiger partial charge in [-0.2, -0.15) is 0 Å². The molecule has 3 rings (SSSR count). The van der Waals surface area contributed by atoms with E-state index in [0.717, 1.165) is 45.3 Å². The molecule has 2 saturated heterocycles.